The molecular formula is C72H36. The first-order valence-corrected chi connectivity index (χ1v) is 35.8. The number of hydrogen-bond acceptors (Lipinski definition) is 0. The van der Waals surface area contributed by atoms with Crippen LogP contribution in [0.3, 0.4) is 0 Å². The van der Waals surface area contributed by atoms with E-state index in [4.69, 9.17) is 0 Å². The summed E-state index contributed by atoms with van der Waals surface area (Å²) >= 11 is 0. The molecule has 0 aromatic rings. The second kappa shape index (κ2) is 3.23. The van der Waals surface area contributed by atoms with Gasteiger partial charge in [0.2, 0.25) is 0 Å². The maximum Gasteiger partial charge on any atom is -0.000370 e. The molecule has 0 aromatic carbocycles. The molecule has 0 N–H and O–H groups in total. The second-order valence-electron chi connectivity index (χ2n) is 47.9. The number of rotatable bonds is 0. The summed E-state index contributed by atoms with van der Waals surface area (Å²) in [7, 11) is 0. The first-order valence-electron chi connectivity index (χ1n) is 35.8. The largest absolute Gasteiger partial charge is 0.0458 e. The maximum atomic E-state index is 1.89. The van der Waals surface area contributed by atoms with Gasteiger partial charge < -0.3 is 0 Å². The maximum absolute atomic E-state index is 1.89. The van der Waals surface area contributed by atoms with Crippen molar-refractivity contribution < 1.29 is 0 Å². The number of hydrogen-bond donors (Lipinski definition) is 0. The van der Waals surface area contributed by atoms with Crippen LogP contribution >= 0.6 is 0 Å². The molecule has 55 aliphatic rings. The van der Waals surface area contributed by atoms with Crippen molar-refractivity contribution in [2.24, 2.45) is 382 Å². The minimum atomic E-state index is 1.11. The van der Waals surface area contributed by atoms with Crippen molar-refractivity contribution in [3.05, 3.63) is 0 Å². The number of fused-ring (bicyclic) bond motifs is 24. The van der Waals surface area contributed by atoms with Crippen LogP contribution in [0, 0.1) is 382 Å². The van der Waals surface area contributed by atoms with Gasteiger partial charge in [0.1, 0.15) is 0 Å². The predicted octanol–water partition coefficient (Wildman–Crippen LogP) is 5.00. The molecule has 0 amide bonds. The molecule has 55 aliphatic carbocycles. The minimum absolute atomic E-state index is 1.11. The van der Waals surface area contributed by atoms with Crippen LogP contribution in [0.2, 0.25) is 0 Å². The Labute approximate surface area is 405 Å². The van der Waals surface area contributed by atoms with Gasteiger partial charge in [-0.2, -0.15) is 0 Å². The van der Waals surface area contributed by atoms with E-state index >= 15 is 0 Å². The SMILES string of the molecule is C1C2C3C4C5CC6C7C8C9C%10[C@@H]%11C%12C%13C%14C%15CC%16C%17C%18C%19CC%20C%21C%22C%23C%24C%25C%26C%27C%28C1C21C32C43C56C74C85C96C78C59C34C23C%281C%271C%262C7(C139)C13C84C%106[C@@]%115C%126C%137C%148C%16%15C%179C%18%10C%19%20C%21%11C%22%12C%13%14C%10%11C98C7%13C67C%146C%23%12[C@]%24(C%2521)C63C745. The zero-order chi connectivity index (χ0) is 39.0. The van der Waals surface area contributed by atoms with Crippen molar-refractivity contribution in [2.75, 3.05) is 0 Å². The molecule has 40 spiro atoms. The van der Waals surface area contributed by atoms with Crippen molar-refractivity contribution in [1.82, 2.24) is 0 Å². The minimum Gasteiger partial charge on any atom is -0.0458 e. The average molecular weight is 901 g/mol. The van der Waals surface area contributed by atoms with E-state index in [9.17, 15) is 0 Å². The molecule has 55 saturated carbocycles. The lowest BCUT2D eigenvalue weighted by atomic mass is 8.27. The third kappa shape index (κ3) is 0.436. The lowest BCUT2D eigenvalue weighted by Gasteiger charge is -3.75. The van der Waals surface area contributed by atoms with E-state index in [2.05, 4.69) is 0 Å². The molecule has 55 fully saturated rings. The van der Waals surface area contributed by atoms with Gasteiger partial charge >= 0.3 is 0 Å². The monoisotopic (exact) mass is 900 g/mol. The molecule has 72 heavy (non-hydrogen) atoms. The standard InChI is InChI=1S/C72H36/c1-5-13-14-6-2-10-18-22-27-31-32-28-24-20-12-4-8-16-15-7-3-11-19-23-26-30-29-25-21-17-9(1)33(5)37(13)38(14)34(6,10)42(18)46(22)51(27)55(31)56(32)52(28)48(24)44(20)36(8,12)40(16)39(15)35(7,11)43(19)47(23)50(26)54(30)53(29)49(25)45(21)41(17,33)57(37)58(38,42)62(46)61(45,57)65(49)66(51,62)71(55)69(53,65)70(54)67(50)63(47)59(39,43)60(40,44)64(48,63)68(52,67)72(56,70)71/h5-32H,1-4H2/t5?,6?,7?,8?,9?,10?,11?,12?,13?,14?,15?,16?,17?,18?,19?,20?,21?,22?,23?,24?,25?,26?,27?,28?,29-,30?,31?,32?,33?,34?,35?,36?,37?,38?,39?,40?,41?,42?,43?,44?,45?,46?,47?,48?,49?,50?,51?,52?,53-,54?,55+,56?,57?,58?,59?,60?,61?,62?,63?,64?,65?,66?,67?,68?,69?,70?,71?,72?/m0/s1. The summed E-state index contributed by atoms with van der Waals surface area (Å²) in [6, 6.07) is 0. The fourth-order valence-electron chi connectivity index (χ4n) is 85.9. The summed E-state index contributed by atoms with van der Waals surface area (Å²) in [4.78, 5) is 0. The van der Waals surface area contributed by atoms with Crippen LogP contribution < -0.4 is 0 Å². The molecule has 324 valence electrons. The molecule has 65 unspecified atom stereocenters. The highest BCUT2D eigenvalue weighted by atomic mass is 15.8. The lowest BCUT2D eigenvalue weighted by molar-refractivity contribution is -1.31. The van der Waals surface area contributed by atoms with Crippen LogP contribution in [-0.4, -0.2) is 0 Å². The molecule has 0 aliphatic heterocycles. The quantitative estimate of drug-likeness (QED) is 0.322. The fourth-order valence-corrected chi connectivity index (χ4v) is 85.9. The second-order valence-corrected chi connectivity index (χ2v) is 47.9. The summed E-state index contributed by atoms with van der Waals surface area (Å²) in [6.07, 6.45) is 7.55. The molecule has 0 heterocycles. The zero-order valence-corrected chi connectivity index (χ0v) is 39.0. The molecule has 0 aromatic heterocycles. The van der Waals surface area contributed by atoms with Crippen molar-refractivity contribution in [3.8, 4) is 0 Å². The lowest BCUT2D eigenvalue weighted by Crippen LogP contribution is -3.74. The van der Waals surface area contributed by atoms with Crippen LogP contribution in [-0.2, 0) is 0 Å². The van der Waals surface area contributed by atoms with Crippen molar-refractivity contribution in [2.45, 2.75) is 25.7 Å². The molecule has 0 heteroatoms. The van der Waals surface area contributed by atoms with Gasteiger partial charge in [0, 0.05) is 0 Å². The van der Waals surface area contributed by atoms with E-state index in [0.717, 1.165) is 195 Å². The molecule has 0 nitrogen and oxygen atoms in total. The predicted molar refractivity (Wildman–Crippen MR) is 214 cm³/mol. The van der Waals surface area contributed by atoms with Gasteiger partial charge in [0.05, 0.1) is 0 Å². The van der Waals surface area contributed by atoms with Crippen LogP contribution in [0.4, 0.5) is 0 Å². The Hall–Kier alpha value is 0. The van der Waals surface area contributed by atoms with Gasteiger partial charge in [-0.05, 0) is 408 Å². The third-order valence-corrected chi connectivity index (χ3v) is 65.7. The topological polar surface area (TPSA) is 0 Å². The summed E-state index contributed by atoms with van der Waals surface area (Å²) in [6.45, 7) is 0. The summed E-state index contributed by atoms with van der Waals surface area (Å²) in [5.74, 6) is 40.0. The zero-order valence-electron chi connectivity index (χ0n) is 39.0. The smallest absolute Gasteiger partial charge is 0.000370 e. The van der Waals surface area contributed by atoms with E-state index in [1.807, 2.05) is 25.7 Å². The molecule has 0 bridgehead atoms. The van der Waals surface area contributed by atoms with Crippen LogP contribution in [0.15, 0.2) is 0 Å². The molecular weight excluding hydrogens is 865 g/mol. The highest BCUT2D eigenvalue weighted by Crippen LogP contribution is 3.80. The molecule has 0 radical (unpaired) electrons. The molecule has 55 rings (SSSR count). The Morgan fingerprint density at radius 3 is 0.444 bits per heavy atom. The van der Waals surface area contributed by atoms with Crippen LogP contribution in [0.25, 0.3) is 0 Å². The molecule has 68 atom stereocenters. The van der Waals surface area contributed by atoms with Crippen LogP contribution in [0.5, 0.6) is 0 Å². The highest BCUT2D eigenvalue weighted by molar-refractivity contribution is 6.23. The Morgan fingerprint density at radius 1 is 0.125 bits per heavy atom. The Balaban J connectivity index is 0.696. The van der Waals surface area contributed by atoms with E-state index in [0.29, 0.717) is 0 Å². The van der Waals surface area contributed by atoms with Gasteiger partial charge in [0.25, 0.3) is 0 Å². The first kappa shape index (κ1) is 22.9. The van der Waals surface area contributed by atoms with Crippen LogP contribution in [0.1, 0.15) is 25.7 Å². The van der Waals surface area contributed by atoms with Gasteiger partial charge in [-0.1, -0.05) is 0 Å². The third-order valence-electron chi connectivity index (χ3n) is 65.7. The van der Waals surface area contributed by atoms with Gasteiger partial charge in [-0.15, -0.1) is 0 Å². The molecule has 0 saturated heterocycles. The van der Waals surface area contributed by atoms with E-state index < -0.39 is 0 Å². The first-order chi connectivity index (χ1) is 35.8. The van der Waals surface area contributed by atoms with Gasteiger partial charge in [0.15, 0.2) is 0 Å². The Bertz CT molecular complexity index is 4810. The Kier molecular flexibility index (Phi) is 1.03. The Morgan fingerprint density at radius 2 is 0.250 bits per heavy atom. The highest BCUT2D eigenvalue weighted by Gasteiger charge is 3.79. The summed E-state index contributed by atoms with van der Waals surface area (Å²) in [5.41, 5.74) is 45.8. The van der Waals surface area contributed by atoms with Crippen molar-refractivity contribution in [3.63, 3.8) is 0 Å². The van der Waals surface area contributed by atoms with E-state index in [1.165, 1.54) is 187 Å². The van der Waals surface area contributed by atoms with Crippen molar-refractivity contribution in [1.29, 1.82) is 0 Å². The fraction of sp³-hybridized carbons (Fsp3) is 1.00. The normalized spacial score (nSPS) is 150. The van der Waals surface area contributed by atoms with Gasteiger partial charge in [-0.3, -0.25) is 0 Å². The summed E-state index contributed by atoms with van der Waals surface area (Å²) < 4.78 is 0. The average Bonchev–Trinajstić information content (AvgIpc) is 0.425. The van der Waals surface area contributed by atoms with Crippen molar-refractivity contribution >= 4 is 0 Å². The van der Waals surface area contributed by atoms with E-state index in [1.54, 1.807) is 0 Å². The van der Waals surface area contributed by atoms with E-state index in [-0.39, 0.29) is 0 Å². The van der Waals surface area contributed by atoms with Gasteiger partial charge in [-0.25, -0.2) is 0 Å². The summed E-state index contributed by atoms with van der Waals surface area (Å²) in [5, 5.41) is 0.